The van der Waals surface area contributed by atoms with E-state index < -0.39 is 0 Å². The standard InChI is InChI=1S/C33H42N3O2/c1-9-34(10-2)23-15-21(7)30-26(17-23)37-28-19-25(36(13-5)14-6)20-29-32(28)33(30)31-22(8)16-24(18-27(31)38-29)35(11-3)12-4/h15-20H,9-14H2,1-8H3/q+1. The lowest BCUT2D eigenvalue weighted by Crippen LogP contribution is -2.29. The monoisotopic (exact) mass is 512 g/mol. The summed E-state index contributed by atoms with van der Waals surface area (Å²) in [7, 11) is 0. The molecule has 5 aromatic rings. The highest BCUT2D eigenvalue weighted by atomic mass is 16.3. The Morgan fingerprint density at radius 3 is 1.29 bits per heavy atom. The first-order valence-corrected chi connectivity index (χ1v) is 14.3. The number of benzene rings is 3. The fourth-order valence-corrected chi connectivity index (χ4v) is 6.18. The van der Waals surface area contributed by atoms with E-state index in [0.717, 1.165) is 72.3 Å². The van der Waals surface area contributed by atoms with Crippen LogP contribution in [0, 0.1) is 13.8 Å². The largest absolute Gasteiger partial charge is 0.456 e. The average Bonchev–Trinajstić information content (AvgIpc) is 2.90. The summed E-state index contributed by atoms with van der Waals surface area (Å²) < 4.78 is 15.9. The van der Waals surface area contributed by atoms with Gasteiger partial charge in [0.2, 0.25) is 5.36 Å². The number of hydrogen-bond donors (Lipinski definition) is 0. The first-order chi connectivity index (χ1) is 18.4. The van der Waals surface area contributed by atoms with Gasteiger partial charge in [-0.15, -0.1) is 0 Å². The molecule has 0 atom stereocenters. The molecule has 0 aliphatic rings. The molecule has 0 saturated heterocycles. The van der Waals surface area contributed by atoms with Crippen molar-refractivity contribution in [2.45, 2.75) is 55.4 Å². The van der Waals surface area contributed by atoms with Crippen LogP contribution in [0.3, 0.4) is 0 Å². The van der Waals surface area contributed by atoms with Gasteiger partial charge in [0, 0.05) is 65.8 Å². The Labute approximate surface area is 225 Å². The van der Waals surface area contributed by atoms with Crippen molar-refractivity contribution in [1.29, 1.82) is 0 Å². The van der Waals surface area contributed by atoms with Crippen LogP contribution >= 0.6 is 0 Å². The van der Waals surface area contributed by atoms with Crippen LogP contribution in [0.25, 0.3) is 43.9 Å². The third-order valence-electron chi connectivity index (χ3n) is 8.19. The predicted octanol–water partition coefficient (Wildman–Crippen LogP) is 7.61. The molecular formula is C33H42N3O2+. The van der Waals surface area contributed by atoms with Crippen molar-refractivity contribution in [3.8, 4) is 0 Å². The van der Waals surface area contributed by atoms with E-state index in [-0.39, 0.29) is 0 Å². The van der Waals surface area contributed by atoms with Gasteiger partial charge in [0.05, 0.1) is 17.5 Å². The molecule has 0 bridgehead atoms. The number of anilines is 2. The van der Waals surface area contributed by atoms with Crippen LogP contribution in [0.2, 0.25) is 0 Å². The van der Waals surface area contributed by atoms with Gasteiger partial charge in [-0.2, -0.15) is 0 Å². The lowest BCUT2D eigenvalue weighted by atomic mass is 9.95. The molecule has 2 heterocycles. The molecule has 0 aliphatic heterocycles. The third-order valence-corrected chi connectivity index (χ3v) is 8.19. The maximum Gasteiger partial charge on any atom is 0.207 e. The first kappa shape index (κ1) is 26.1. The van der Waals surface area contributed by atoms with Gasteiger partial charge < -0.3 is 18.6 Å². The summed E-state index contributed by atoms with van der Waals surface area (Å²) in [5, 5.41) is 5.78. The Morgan fingerprint density at radius 1 is 0.526 bits per heavy atom. The number of rotatable bonds is 8. The van der Waals surface area contributed by atoms with Crippen LogP contribution in [0.4, 0.5) is 11.4 Å². The highest BCUT2D eigenvalue weighted by Crippen LogP contribution is 2.42. The van der Waals surface area contributed by atoms with Gasteiger partial charge in [0.15, 0.2) is 0 Å². The van der Waals surface area contributed by atoms with Gasteiger partial charge >= 0.3 is 0 Å². The molecular weight excluding hydrogens is 470 g/mol. The molecule has 0 fully saturated rings. The molecule has 2 aromatic heterocycles. The zero-order valence-corrected chi connectivity index (χ0v) is 24.4. The van der Waals surface area contributed by atoms with E-state index in [1.54, 1.807) is 0 Å². The quantitative estimate of drug-likeness (QED) is 0.122. The zero-order chi connectivity index (χ0) is 27.1. The summed E-state index contributed by atoms with van der Waals surface area (Å²) in [6.45, 7) is 23.3. The van der Waals surface area contributed by atoms with Crippen molar-refractivity contribution in [3.05, 3.63) is 52.9 Å². The van der Waals surface area contributed by atoms with Crippen LogP contribution in [0.5, 0.6) is 0 Å². The highest BCUT2D eigenvalue weighted by Gasteiger charge is 2.21. The lowest BCUT2D eigenvalue weighted by molar-refractivity contribution is 0.615. The molecule has 5 nitrogen and oxygen atoms in total. The smallest absolute Gasteiger partial charge is 0.207 e. The molecule has 5 heteroatoms. The molecule has 200 valence electrons. The van der Waals surface area contributed by atoms with Gasteiger partial charge in [-0.3, -0.25) is 0 Å². The van der Waals surface area contributed by atoms with Crippen molar-refractivity contribution in [2.75, 3.05) is 49.1 Å². The van der Waals surface area contributed by atoms with E-state index >= 15 is 0 Å². The van der Waals surface area contributed by atoms with Crippen molar-refractivity contribution in [1.82, 2.24) is 4.58 Å². The maximum atomic E-state index is 6.75. The predicted molar refractivity (Wildman–Crippen MR) is 164 cm³/mol. The van der Waals surface area contributed by atoms with Crippen LogP contribution < -0.4 is 19.7 Å². The zero-order valence-electron chi connectivity index (χ0n) is 24.4. The van der Waals surface area contributed by atoms with E-state index in [9.17, 15) is 0 Å². The summed E-state index contributed by atoms with van der Waals surface area (Å²) in [5.41, 5.74) is 8.47. The van der Waals surface area contributed by atoms with Gasteiger partial charge in [-0.1, -0.05) is 0 Å². The molecule has 0 N–H and O–H groups in total. The van der Waals surface area contributed by atoms with E-state index in [4.69, 9.17) is 8.83 Å². The Morgan fingerprint density at radius 2 is 0.921 bits per heavy atom. The topological polar surface area (TPSA) is 35.8 Å². The summed E-state index contributed by atoms with van der Waals surface area (Å²) in [4.78, 5) is 4.77. The van der Waals surface area contributed by atoms with Crippen molar-refractivity contribution >= 4 is 55.3 Å². The van der Waals surface area contributed by atoms with Gasteiger partial charge in [0.1, 0.15) is 35.4 Å². The van der Waals surface area contributed by atoms with Gasteiger partial charge in [0.25, 0.3) is 0 Å². The average molecular weight is 513 g/mol. The molecule has 38 heavy (non-hydrogen) atoms. The Kier molecular flexibility index (Phi) is 7.13. The van der Waals surface area contributed by atoms with Crippen molar-refractivity contribution < 1.29 is 8.83 Å². The van der Waals surface area contributed by atoms with Crippen molar-refractivity contribution in [3.63, 3.8) is 0 Å². The van der Waals surface area contributed by atoms with Crippen molar-refractivity contribution in [2.24, 2.45) is 0 Å². The van der Waals surface area contributed by atoms with Crippen LogP contribution in [-0.4, -0.2) is 39.3 Å². The lowest BCUT2D eigenvalue weighted by Gasteiger charge is -2.24. The Bertz CT molecular complexity index is 1600. The van der Waals surface area contributed by atoms with Crippen LogP contribution in [-0.2, 0) is 0 Å². The molecule has 0 radical (unpaired) electrons. The first-order valence-electron chi connectivity index (χ1n) is 14.3. The van der Waals surface area contributed by atoms with E-state index in [0.29, 0.717) is 0 Å². The number of fused-ring (bicyclic) bond motifs is 4. The minimum Gasteiger partial charge on any atom is -0.456 e. The molecule has 0 saturated carbocycles. The normalized spacial score (nSPS) is 11.8. The SMILES string of the molecule is CCN(CC)c1cc(C)c2c(c1)oc1cc(=[N+](CC)CC)cc3oc4cc(N(CC)CC)cc(C)c4c2c13. The minimum absolute atomic E-state index is 0.876. The molecule has 5 rings (SSSR count). The second-order valence-corrected chi connectivity index (χ2v) is 10.2. The molecule has 0 aliphatic carbocycles. The molecule has 0 spiro atoms. The number of nitrogens with zero attached hydrogens (tertiary/aromatic N) is 3. The Hall–Kier alpha value is -3.47. The fraction of sp³-hybridized carbons (Fsp3) is 0.424. The second-order valence-electron chi connectivity index (χ2n) is 10.2. The summed E-state index contributed by atoms with van der Waals surface area (Å²) in [6.07, 6.45) is 0. The fourth-order valence-electron chi connectivity index (χ4n) is 6.18. The minimum atomic E-state index is 0.876. The highest BCUT2D eigenvalue weighted by molar-refractivity contribution is 6.27. The van der Waals surface area contributed by atoms with E-state index in [2.05, 4.69) is 106 Å². The summed E-state index contributed by atoms with van der Waals surface area (Å²) >= 11 is 0. The molecule has 0 unspecified atom stereocenters. The van der Waals surface area contributed by atoms with E-state index in [1.165, 1.54) is 38.7 Å². The number of hydrogen-bond acceptors (Lipinski definition) is 4. The molecule has 0 amide bonds. The number of aryl methyl sites for hydroxylation is 2. The third kappa shape index (κ3) is 4.13. The Balaban J connectivity index is 2.03. The summed E-state index contributed by atoms with van der Waals surface area (Å²) in [5.74, 6) is 0. The maximum absolute atomic E-state index is 6.75. The van der Waals surface area contributed by atoms with Gasteiger partial charge in [-0.05, 0) is 78.6 Å². The second kappa shape index (κ2) is 10.4. The van der Waals surface area contributed by atoms with Crippen LogP contribution in [0.1, 0.15) is 52.7 Å². The van der Waals surface area contributed by atoms with Gasteiger partial charge in [-0.25, -0.2) is 4.58 Å². The van der Waals surface area contributed by atoms with Crippen LogP contribution in [0.15, 0.2) is 45.2 Å². The molecule has 3 aromatic carbocycles. The summed E-state index contributed by atoms with van der Waals surface area (Å²) in [6, 6.07) is 13.5. The van der Waals surface area contributed by atoms with E-state index in [1.807, 2.05) is 0 Å².